The lowest BCUT2D eigenvalue weighted by molar-refractivity contribution is -0.125. The summed E-state index contributed by atoms with van der Waals surface area (Å²) >= 11 is 0. The molecule has 4 N–H and O–H groups in total. The van der Waals surface area contributed by atoms with Crippen LogP contribution in [0, 0.1) is 0 Å². The summed E-state index contributed by atoms with van der Waals surface area (Å²) in [6.45, 7) is 4.30. The first-order valence-corrected chi connectivity index (χ1v) is 31.5. The van der Waals surface area contributed by atoms with Crippen molar-refractivity contribution in [1.29, 1.82) is 0 Å². The van der Waals surface area contributed by atoms with E-state index in [1.807, 2.05) is 0 Å². The minimum atomic E-state index is -0.747. The fraction of sp³-hybridized carbons (Fsp3) is 0.952. The van der Waals surface area contributed by atoms with Crippen LogP contribution in [0.5, 0.6) is 0 Å². The second-order valence-corrected chi connectivity index (χ2v) is 22.0. The van der Waals surface area contributed by atoms with Crippen molar-refractivity contribution in [3.8, 4) is 0 Å². The fourth-order valence-electron chi connectivity index (χ4n) is 10.3. The van der Waals surface area contributed by atoms with Crippen LogP contribution >= 0.6 is 0 Å². The third-order valence-electron chi connectivity index (χ3n) is 15.1. The number of aliphatic hydroxyl groups excluding tert-OH is 3. The van der Waals surface area contributed by atoms with E-state index in [9.17, 15) is 20.1 Å². The van der Waals surface area contributed by atoms with Crippen molar-refractivity contribution in [3.63, 3.8) is 0 Å². The summed E-state index contributed by atoms with van der Waals surface area (Å²) in [5, 5.41) is 33.6. The Kier molecular flexibility index (Phi) is 57.9. The van der Waals surface area contributed by atoms with E-state index in [-0.39, 0.29) is 18.9 Å². The Hall–Kier alpha value is -0.910. The SMILES string of the molecule is CCCCCCCCCCCCCCCCCCCC/C=C\CCCCCCCCCCCCCCCCCC(O)CC(=O)NC(CO)C(O)CCCCCCCCCCCCCCCCCC. The maximum absolute atomic E-state index is 12.5. The Morgan fingerprint density at radius 2 is 0.588 bits per heavy atom. The topological polar surface area (TPSA) is 89.8 Å². The number of carbonyl (C=O) groups is 1. The lowest BCUT2D eigenvalue weighted by Gasteiger charge is -2.23. The fourth-order valence-corrected chi connectivity index (χ4v) is 10.3. The van der Waals surface area contributed by atoms with Gasteiger partial charge in [-0.25, -0.2) is 0 Å². The highest BCUT2D eigenvalue weighted by Crippen LogP contribution is 2.19. The highest BCUT2D eigenvalue weighted by atomic mass is 16.3. The maximum Gasteiger partial charge on any atom is 0.222 e. The van der Waals surface area contributed by atoms with Gasteiger partial charge in [0.15, 0.2) is 0 Å². The number of rotatable bonds is 59. The van der Waals surface area contributed by atoms with Gasteiger partial charge in [0.1, 0.15) is 0 Å². The summed E-state index contributed by atoms with van der Waals surface area (Å²) in [6.07, 6.45) is 74.1. The van der Waals surface area contributed by atoms with Gasteiger partial charge in [-0.15, -0.1) is 0 Å². The van der Waals surface area contributed by atoms with Gasteiger partial charge in [0.2, 0.25) is 5.91 Å². The van der Waals surface area contributed by atoms with E-state index in [0.717, 1.165) is 25.7 Å². The van der Waals surface area contributed by atoms with Crippen molar-refractivity contribution >= 4 is 5.91 Å². The van der Waals surface area contributed by atoms with E-state index >= 15 is 0 Å². The molecule has 0 spiro atoms. The molecule has 0 fully saturated rings. The molecule has 5 heteroatoms. The lowest BCUT2D eigenvalue weighted by atomic mass is 10.0. The van der Waals surface area contributed by atoms with Crippen LogP contribution in [0.25, 0.3) is 0 Å². The second-order valence-electron chi connectivity index (χ2n) is 22.0. The van der Waals surface area contributed by atoms with Crippen molar-refractivity contribution in [2.75, 3.05) is 6.61 Å². The van der Waals surface area contributed by atoms with Gasteiger partial charge in [0.05, 0.1) is 31.3 Å². The zero-order chi connectivity index (χ0) is 49.3. The van der Waals surface area contributed by atoms with Crippen LogP contribution in [0.2, 0.25) is 0 Å². The Labute approximate surface area is 427 Å². The Balaban J connectivity index is 3.43. The van der Waals surface area contributed by atoms with E-state index in [2.05, 4.69) is 31.3 Å². The van der Waals surface area contributed by atoms with Crippen LogP contribution in [-0.2, 0) is 4.79 Å². The largest absolute Gasteiger partial charge is 0.394 e. The van der Waals surface area contributed by atoms with Gasteiger partial charge in [0.25, 0.3) is 0 Å². The average Bonchev–Trinajstić information content (AvgIpc) is 3.33. The molecule has 68 heavy (non-hydrogen) atoms. The van der Waals surface area contributed by atoms with Crippen LogP contribution in [0.1, 0.15) is 361 Å². The summed E-state index contributed by atoms with van der Waals surface area (Å²) in [5.74, 6) is -0.276. The third-order valence-corrected chi connectivity index (χ3v) is 15.1. The third kappa shape index (κ3) is 54.4. The van der Waals surface area contributed by atoms with E-state index in [1.54, 1.807) is 0 Å². The van der Waals surface area contributed by atoms with Crippen LogP contribution in [0.4, 0.5) is 0 Å². The van der Waals surface area contributed by atoms with Crippen LogP contribution < -0.4 is 5.32 Å². The Bertz CT molecular complexity index is 971. The molecule has 0 saturated carbocycles. The van der Waals surface area contributed by atoms with Crippen molar-refractivity contribution < 1.29 is 20.1 Å². The van der Waals surface area contributed by atoms with Crippen molar-refractivity contribution in [2.24, 2.45) is 0 Å². The molecule has 0 heterocycles. The minimum absolute atomic E-state index is 0.0412. The minimum Gasteiger partial charge on any atom is -0.394 e. The number of unbranched alkanes of at least 4 members (excludes halogenated alkanes) is 48. The molecular formula is C63H125NO4. The monoisotopic (exact) mass is 960 g/mol. The zero-order valence-corrected chi connectivity index (χ0v) is 46.5. The van der Waals surface area contributed by atoms with Gasteiger partial charge >= 0.3 is 0 Å². The number of amides is 1. The van der Waals surface area contributed by atoms with Gasteiger partial charge in [-0.1, -0.05) is 328 Å². The van der Waals surface area contributed by atoms with Crippen LogP contribution in [-0.4, -0.2) is 46.1 Å². The summed E-state index contributed by atoms with van der Waals surface area (Å²) in [5.41, 5.74) is 0. The van der Waals surface area contributed by atoms with Gasteiger partial charge in [-0.3, -0.25) is 4.79 Å². The number of aliphatic hydroxyl groups is 3. The summed E-state index contributed by atoms with van der Waals surface area (Å²) < 4.78 is 0. The normalized spacial score (nSPS) is 13.2. The summed E-state index contributed by atoms with van der Waals surface area (Å²) in [7, 11) is 0. The zero-order valence-electron chi connectivity index (χ0n) is 46.5. The molecule has 0 bridgehead atoms. The molecule has 0 aliphatic rings. The molecule has 0 aromatic rings. The smallest absolute Gasteiger partial charge is 0.222 e. The second kappa shape index (κ2) is 58.7. The Morgan fingerprint density at radius 3 is 0.853 bits per heavy atom. The van der Waals surface area contributed by atoms with Crippen LogP contribution in [0.15, 0.2) is 12.2 Å². The molecule has 406 valence electrons. The van der Waals surface area contributed by atoms with Crippen molar-refractivity contribution in [2.45, 2.75) is 379 Å². The first kappa shape index (κ1) is 67.1. The molecule has 0 saturated heterocycles. The highest BCUT2D eigenvalue weighted by Gasteiger charge is 2.21. The van der Waals surface area contributed by atoms with Gasteiger partial charge in [-0.05, 0) is 38.5 Å². The Morgan fingerprint density at radius 1 is 0.353 bits per heavy atom. The molecule has 1 amide bonds. The molecule has 0 radical (unpaired) electrons. The van der Waals surface area contributed by atoms with E-state index < -0.39 is 18.2 Å². The van der Waals surface area contributed by atoms with Crippen molar-refractivity contribution in [1.82, 2.24) is 5.32 Å². The highest BCUT2D eigenvalue weighted by molar-refractivity contribution is 5.76. The first-order valence-electron chi connectivity index (χ1n) is 31.5. The average molecular weight is 961 g/mol. The number of hydrogen-bond donors (Lipinski definition) is 4. The molecule has 0 aromatic carbocycles. The lowest BCUT2D eigenvalue weighted by Crippen LogP contribution is -2.46. The predicted molar refractivity (Wildman–Crippen MR) is 301 cm³/mol. The standard InChI is InChI=1S/C63H125NO4/c1-3-5-7-9-11-13-15-17-19-21-22-23-24-25-26-27-28-29-30-31-32-33-34-35-36-37-38-39-40-41-42-44-46-48-50-52-54-56-60(66)58-63(68)64-61(59-65)62(67)57-55-53-51-49-47-45-43-20-18-16-14-12-10-8-6-4-2/h31-32,60-62,65-67H,3-30,33-59H2,1-2H3,(H,64,68)/b32-31-. The number of hydrogen-bond acceptors (Lipinski definition) is 4. The van der Waals surface area contributed by atoms with Crippen molar-refractivity contribution in [3.05, 3.63) is 12.2 Å². The quantitative estimate of drug-likeness (QED) is 0.0361. The predicted octanol–water partition coefficient (Wildman–Crippen LogP) is 19.8. The van der Waals surface area contributed by atoms with E-state index in [4.69, 9.17) is 0 Å². The number of allylic oxidation sites excluding steroid dienone is 2. The van der Waals surface area contributed by atoms with Gasteiger partial charge < -0.3 is 20.6 Å². The van der Waals surface area contributed by atoms with E-state index in [1.165, 1.54) is 302 Å². The molecule has 0 rings (SSSR count). The first-order chi connectivity index (χ1) is 33.5. The molecule has 0 aliphatic carbocycles. The van der Waals surface area contributed by atoms with Gasteiger partial charge in [0, 0.05) is 0 Å². The molecular weight excluding hydrogens is 835 g/mol. The molecule has 0 aromatic heterocycles. The number of nitrogens with one attached hydrogen (secondary N) is 1. The molecule has 5 nitrogen and oxygen atoms in total. The van der Waals surface area contributed by atoms with Gasteiger partial charge in [-0.2, -0.15) is 0 Å². The summed E-state index contributed by atoms with van der Waals surface area (Å²) in [6, 6.07) is -0.656. The van der Waals surface area contributed by atoms with E-state index in [0.29, 0.717) is 12.8 Å². The summed E-state index contributed by atoms with van der Waals surface area (Å²) in [4.78, 5) is 12.5. The number of carbonyl (C=O) groups excluding carboxylic acids is 1. The maximum atomic E-state index is 12.5. The molecule has 0 aliphatic heterocycles. The van der Waals surface area contributed by atoms with Crippen LogP contribution in [0.3, 0.4) is 0 Å². The molecule has 3 atom stereocenters. The molecule has 3 unspecified atom stereocenters.